The van der Waals surface area contributed by atoms with Gasteiger partial charge in [-0.1, -0.05) is 77.1 Å². The largest absolute Gasteiger partial charge is 0.294 e. The second-order valence-electron chi connectivity index (χ2n) is 5.72. The normalized spacial score (nSPS) is 10.9. The first-order valence-electron chi connectivity index (χ1n) is 7.78. The molecule has 1 aromatic rings. The van der Waals surface area contributed by atoms with E-state index in [4.69, 9.17) is 0 Å². The SMILES string of the molecule is CCCCCCCCC(=O)c1ccc(C(C)C)cc1. The molecule has 0 heterocycles. The molecule has 0 atom stereocenters. The lowest BCUT2D eigenvalue weighted by molar-refractivity contribution is 0.0979. The molecule has 0 saturated carbocycles. The van der Waals surface area contributed by atoms with Crippen molar-refractivity contribution in [2.75, 3.05) is 0 Å². The maximum atomic E-state index is 12.0. The summed E-state index contributed by atoms with van der Waals surface area (Å²) in [6.45, 7) is 6.57. The van der Waals surface area contributed by atoms with Crippen LogP contribution in [0.2, 0.25) is 0 Å². The third-order valence-corrected chi connectivity index (χ3v) is 3.66. The van der Waals surface area contributed by atoms with Gasteiger partial charge in [0.05, 0.1) is 0 Å². The molecule has 0 radical (unpaired) electrons. The first kappa shape index (κ1) is 15.9. The zero-order valence-electron chi connectivity index (χ0n) is 12.7. The third kappa shape index (κ3) is 6.04. The van der Waals surface area contributed by atoms with Crippen molar-refractivity contribution in [1.29, 1.82) is 0 Å². The van der Waals surface area contributed by atoms with Gasteiger partial charge in [0.1, 0.15) is 0 Å². The molecule has 0 amide bonds. The van der Waals surface area contributed by atoms with E-state index in [0.29, 0.717) is 18.1 Å². The number of ketones is 1. The fraction of sp³-hybridized carbons (Fsp3) is 0.611. The summed E-state index contributed by atoms with van der Waals surface area (Å²) in [6, 6.07) is 8.13. The molecule has 0 aliphatic heterocycles. The molecule has 0 unspecified atom stereocenters. The molecule has 0 bridgehead atoms. The van der Waals surface area contributed by atoms with Crippen LogP contribution in [0, 0.1) is 0 Å². The summed E-state index contributed by atoms with van der Waals surface area (Å²) in [5.74, 6) is 0.827. The summed E-state index contributed by atoms with van der Waals surface area (Å²) in [5, 5.41) is 0. The fourth-order valence-corrected chi connectivity index (χ4v) is 2.26. The Bertz CT molecular complexity index is 362. The van der Waals surface area contributed by atoms with Gasteiger partial charge in [-0.3, -0.25) is 4.79 Å². The Morgan fingerprint density at radius 3 is 2.11 bits per heavy atom. The number of benzene rings is 1. The topological polar surface area (TPSA) is 17.1 Å². The maximum Gasteiger partial charge on any atom is 0.162 e. The Balaban J connectivity index is 2.29. The van der Waals surface area contributed by atoms with Gasteiger partial charge < -0.3 is 0 Å². The van der Waals surface area contributed by atoms with Crippen molar-refractivity contribution in [2.24, 2.45) is 0 Å². The van der Waals surface area contributed by atoms with Crippen molar-refractivity contribution in [3.63, 3.8) is 0 Å². The molecule has 1 heteroatoms. The second kappa shape index (κ2) is 8.90. The summed E-state index contributed by atoms with van der Waals surface area (Å²) < 4.78 is 0. The second-order valence-corrected chi connectivity index (χ2v) is 5.72. The van der Waals surface area contributed by atoms with E-state index in [0.717, 1.165) is 12.0 Å². The van der Waals surface area contributed by atoms with Gasteiger partial charge in [0, 0.05) is 12.0 Å². The predicted molar refractivity (Wildman–Crippen MR) is 82.9 cm³/mol. The summed E-state index contributed by atoms with van der Waals surface area (Å²) in [4.78, 5) is 12.0. The summed E-state index contributed by atoms with van der Waals surface area (Å²) in [7, 11) is 0. The van der Waals surface area contributed by atoms with Crippen LogP contribution >= 0.6 is 0 Å². The highest BCUT2D eigenvalue weighted by atomic mass is 16.1. The minimum atomic E-state index is 0.297. The molecule has 0 fully saturated rings. The average molecular weight is 260 g/mol. The molecule has 0 N–H and O–H groups in total. The molecule has 0 aliphatic rings. The number of Topliss-reactive ketones (excluding diaryl/α,β-unsaturated/α-hetero) is 1. The molecular formula is C18H28O. The lowest BCUT2D eigenvalue weighted by Crippen LogP contribution is -1.99. The molecular weight excluding hydrogens is 232 g/mol. The van der Waals surface area contributed by atoms with Crippen LogP contribution in [0.5, 0.6) is 0 Å². The van der Waals surface area contributed by atoms with Gasteiger partial charge >= 0.3 is 0 Å². The van der Waals surface area contributed by atoms with E-state index in [9.17, 15) is 4.79 Å². The average Bonchev–Trinajstić information content (AvgIpc) is 2.42. The lowest BCUT2D eigenvalue weighted by Gasteiger charge is -2.06. The minimum Gasteiger partial charge on any atom is -0.294 e. The molecule has 0 spiro atoms. The summed E-state index contributed by atoms with van der Waals surface area (Å²) >= 11 is 0. The Kier molecular flexibility index (Phi) is 7.47. The van der Waals surface area contributed by atoms with Crippen molar-refractivity contribution < 1.29 is 4.79 Å². The number of carbonyl (C=O) groups is 1. The van der Waals surface area contributed by atoms with Gasteiger partial charge in [0.2, 0.25) is 0 Å². The van der Waals surface area contributed by atoms with Crippen molar-refractivity contribution in [3.8, 4) is 0 Å². The van der Waals surface area contributed by atoms with Crippen molar-refractivity contribution in [2.45, 2.75) is 71.6 Å². The highest BCUT2D eigenvalue weighted by molar-refractivity contribution is 5.96. The van der Waals surface area contributed by atoms with Gasteiger partial charge in [0.25, 0.3) is 0 Å². The van der Waals surface area contributed by atoms with Crippen molar-refractivity contribution >= 4 is 5.78 Å². The van der Waals surface area contributed by atoms with Gasteiger partial charge in [-0.25, -0.2) is 0 Å². The van der Waals surface area contributed by atoms with Crippen LogP contribution < -0.4 is 0 Å². The van der Waals surface area contributed by atoms with E-state index in [1.807, 2.05) is 12.1 Å². The number of hydrogen-bond donors (Lipinski definition) is 0. The van der Waals surface area contributed by atoms with E-state index in [-0.39, 0.29) is 0 Å². The molecule has 0 saturated heterocycles. The van der Waals surface area contributed by atoms with Crippen LogP contribution in [0.15, 0.2) is 24.3 Å². The van der Waals surface area contributed by atoms with Crippen LogP contribution in [0.4, 0.5) is 0 Å². The monoisotopic (exact) mass is 260 g/mol. The highest BCUT2D eigenvalue weighted by Gasteiger charge is 2.06. The Morgan fingerprint density at radius 1 is 0.947 bits per heavy atom. The lowest BCUT2D eigenvalue weighted by atomic mass is 9.98. The third-order valence-electron chi connectivity index (χ3n) is 3.66. The molecule has 19 heavy (non-hydrogen) atoms. The van der Waals surface area contributed by atoms with Crippen LogP contribution in [0.25, 0.3) is 0 Å². The molecule has 106 valence electrons. The van der Waals surface area contributed by atoms with Gasteiger partial charge in [-0.05, 0) is 17.9 Å². The fourth-order valence-electron chi connectivity index (χ4n) is 2.26. The molecule has 1 nitrogen and oxygen atoms in total. The van der Waals surface area contributed by atoms with Gasteiger partial charge in [-0.15, -0.1) is 0 Å². The standard InChI is InChI=1S/C18H28O/c1-4-5-6-7-8-9-10-18(19)17-13-11-16(12-14-17)15(2)3/h11-15H,4-10H2,1-3H3. The van der Waals surface area contributed by atoms with E-state index in [2.05, 4.69) is 32.9 Å². The first-order valence-corrected chi connectivity index (χ1v) is 7.78. The van der Waals surface area contributed by atoms with Crippen molar-refractivity contribution in [3.05, 3.63) is 35.4 Å². The molecule has 1 aromatic carbocycles. The maximum absolute atomic E-state index is 12.0. The zero-order chi connectivity index (χ0) is 14.1. The van der Waals surface area contributed by atoms with Crippen LogP contribution in [0.3, 0.4) is 0 Å². The van der Waals surface area contributed by atoms with E-state index < -0.39 is 0 Å². The van der Waals surface area contributed by atoms with E-state index in [1.54, 1.807) is 0 Å². The molecule has 1 rings (SSSR count). The van der Waals surface area contributed by atoms with Crippen LogP contribution in [0.1, 0.15) is 87.6 Å². The Morgan fingerprint density at radius 2 is 1.53 bits per heavy atom. The number of hydrogen-bond acceptors (Lipinski definition) is 1. The van der Waals surface area contributed by atoms with Crippen molar-refractivity contribution in [1.82, 2.24) is 0 Å². The van der Waals surface area contributed by atoms with E-state index in [1.165, 1.54) is 37.7 Å². The van der Waals surface area contributed by atoms with Gasteiger partial charge in [-0.2, -0.15) is 0 Å². The smallest absolute Gasteiger partial charge is 0.162 e. The molecule has 0 aliphatic carbocycles. The van der Waals surface area contributed by atoms with Gasteiger partial charge in [0.15, 0.2) is 5.78 Å². The van der Waals surface area contributed by atoms with Crippen LogP contribution in [-0.2, 0) is 0 Å². The predicted octanol–water partition coefficient (Wildman–Crippen LogP) is 5.74. The quantitative estimate of drug-likeness (QED) is 0.408. The van der Waals surface area contributed by atoms with Crippen LogP contribution in [-0.4, -0.2) is 5.78 Å². The summed E-state index contributed by atoms with van der Waals surface area (Å²) in [5.41, 5.74) is 2.18. The number of carbonyl (C=O) groups excluding carboxylic acids is 1. The van der Waals surface area contributed by atoms with E-state index >= 15 is 0 Å². The summed E-state index contributed by atoms with van der Waals surface area (Å²) in [6.07, 6.45) is 8.12. The number of rotatable bonds is 9. The Labute approximate surface area is 118 Å². The minimum absolute atomic E-state index is 0.297. The zero-order valence-corrected chi connectivity index (χ0v) is 12.7. The Hall–Kier alpha value is -1.11. The highest BCUT2D eigenvalue weighted by Crippen LogP contribution is 2.16. The molecule has 0 aromatic heterocycles. The first-order chi connectivity index (χ1) is 9.15. The number of unbranched alkanes of at least 4 members (excludes halogenated alkanes) is 5.